The van der Waals surface area contributed by atoms with Gasteiger partial charge in [-0.3, -0.25) is 14.3 Å². The van der Waals surface area contributed by atoms with Crippen LogP contribution in [-0.2, 0) is 0 Å². The first-order valence-electron chi connectivity index (χ1n) is 5.70. The molecule has 0 radical (unpaired) electrons. The molecule has 1 aliphatic heterocycles. The predicted molar refractivity (Wildman–Crippen MR) is 66.7 cm³/mol. The number of aromatic nitrogens is 2. The van der Waals surface area contributed by atoms with Gasteiger partial charge in [-0.15, -0.1) is 0 Å². The highest BCUT2D eigenvalue weighted by atomic mass is 35.5. The molecule has 1 aliphatic rings. The number of H-pyrrole nitrogens is 1. The molecule has 0 saturated carbocycles. The predicted octanol–water partition coefficient (Wildman–Crippen LogP) is 0.845. The van der Waals surface area contributed by atoms with E-state index in [1.54, 1.807) is 0 Å². The van der Waals surface area contributed by atoms with Gasteiger partial charge in [0.2, 0.25) is 0 Å². The molecule has 5 nitrogen and oxygen atoms in total. The monoisotopic (exact) mass is 257 g/mol. The number of halogens is 1. The number of hydrogen-bond acceptors (Lipinski definition) is 3. The molecule has 1 N–H and O–H groups in total. The third kappa shape index (κ3) is 2.45. The largest absolute Gasteiger partial charge is 0.329 e. The van der Waals surface area contributed by atoms with E-state index in [0.29, 0.717) is 6.04 Å². The second-order valence-corrected chi connectivity index (χ2v) is 5.05. The molecular weight excluding hydrogens is 242 g/mol. The number of piperidine rings is 1. The average molecular weight is 258 g/mol. The van der Waals surface area contributed by atoms with Crippen LogP contribution in [0.15, 0.2) is 15.7 Å². The molecule has 0 bridgehead atoms. The fourth-order valence-electron chi connectivity index (χ4n) is 2.32. The Labute approximate surface area is 104 Å². The Kier molecular flexibility index (Phi) is 3.40. The molecule has 94 valence electrons. The van der Waals surface area contributed by atoms with Gasteiger partial charge in [-0.2, -0.15) is 0 Å². The van der Waals surface area contributed by atoms with E-state index in [2.05, 4.69) is 23.9 Å². The summed E-state index contributed by atoms with van der Waals surface area (Å²) in [5.74, 6) is 0. The minimum atomic E-state index is -0.413. The molecule has 0 aliphatic carbocycles. The van der Waals surface area contributed by atoms with E-state index < -0.39 is 5.69 Å². The van der Waals surface area contributed by atoms with Gasteiger partial charge < -0.3 is 4.90 Å². The van der Waals surface area contributed by atoms with Gasteiger partial charge >= 0.3 is 5.69 Å². The fourth-order valence-corrected chi connectivity index (χ4v) is 2.50. The minimum absolute atomic E-state index is 0.0327. The van der Waals surface area contributed by atoms with E-state index >= 15 is 0 Å². The third-order valence-electron chi connectivity index (χ3n) is 3.48. The number of rotatable bonds is 1. The van der Waals surface area contributed by atoms with E-state index in [0.717, 1.165) is 19.4 Å². The number of nitrogens with zero attached hydrogens (tertiary/aromatic N) is 2. The van der Waals surface area contributed by atoms with Crippen molar-refractivity contribution >= 4 is 11.6 Å². The number of aromatic amines is 1. The van der Waals surface area contributed by atoms with Crippen LogP contribution in [-0.4, -0.2) is 34.1 Å². The number of nitrogens with one attached hydrogen (secondary N) is 1. The van der Waals surface area contributed by atoms with Gasteiger partial charge in [-0.05, 0) is 26.8 Å². The Balaban J connectivity index is 2.36. The standard InChI is InChI=1S/C11H16ClN3O2/c1-7-5-8(3-4-14(7)2)15-10(16)6-9(12)13-11(15)17/h6-8H,3-5H2,1-2H3,(H,13,17). The van der Waals surface area contributed by atoms with Crippen molar-refractivity contribution in [2.45, 2.75) is 31.8 Å². The van der Waals surface area contributed by atoms with Crippen LogP contribution in [0.3, 0.4) is 0 Å². The highest BCUT2D eigenvalue weighted by Crippen LogP contribution is 2.23. The first-order valence-corrected chi connectivity index (χ1v) is 6.08. The summed E-state index contributed by atoms with van der Waals surface area (Å²) in [5, 5.41) is 0.0947. The zero-order chi connectivity index (χ0) is 12.6. The fraction of sp³-hybridized carbons (Fsp3) is 0.636. The summed E-state index contributed by atoms with van der Waals surface area (Å²) in [6, 6.07) is 1.59. The normalized spacial score (nSPS) is 26.1. The van der Waals surface area contributed by atoms with E-state index in [9.17, 15) is 9.59 Å². The van der Waals surface area contributed by atoms with Crippen molar-refractivity contribution < 1.29 is 0 Å². The number of hydrogen-bond donors (Lipinski definition) is 1. The summed E-state index contributed by atoms with van der Waals surface area (Å²) in [4.78, 5) is 28.2. The number of likely N-dealkylation sites (tertiary alicyclic amines) is 1. The van der Waals surface area contributed by atoms with Crippen LogP contribution in [0, 0.1) is 0 Å². The van der Waals surface area contributed by atoms with Gasteiger partial charge in [-0.1, -0.05) is 11.6 Å². The van der Waals surface area contributed by atoms with E-state index in [-0.39, 0.29) is 16.8 Å². The van der Waals surface area contributed by atoms with Crippen molar-refractivity contribution in [1.82, 2.24) is 14.5 Å². The van der Waals surface area contributed by atoms with Crippen molar-refractivity contribution in [1.29, 1.82) is 0 Å². The quantitative estimate of drug-likeness (QED) is 0.759. The van der Waals surface area contributed by atoms with Crippen LogP contribution < -0.4 is 11.2 Å². The summed E-state index contributed by atoms with van der Waals surface area (Å²) in [6.07, 6.45) is 1.62. The van der Waals surface area contributed by atoms with Gasteiger partial charge in [0.05, 0.1) is 0 Å². The van der Waals surface area contributed by atoms with E-state index in [4.69, 9.17) is 11.6 Å². The molecule has 17 heavy (non-hydrogen) atoms. The maximum absolute atomic E-state index is 11.8. The molecule has 1 aromatic heterocycles. The van der Waals surface area contributed by atoms with E-state index in [1.807, 2.05) is 0 Å². The molecule has 1 saturated heterocycles. The highest BCUT2D eigenvalue weighted by Gasteiger charge is 2.25. The maximum atomic E-state index is 11.8. The SMILES string of the molecule is CC1CC(n2c(=O)cc(Cl)[nH]c2=O)CCN1C. The van der Waals surface area contributed by atoms with Crippen LogP contribution in [0.4, 0.5) is 0 Å². The van der Waals surface area contributed by atoms with Gasteiger partial charge in [0.1, 0.15) is 5.15 Å². The van der Waals surface area contributed by atoms with Gasteiger partial charge in [0.25, 0.3) is 5.56 Å². The molecule has 6 heteroatoms. The Morgan fingerprint density at radius 2 is 2.18 bits per heavy atom. The molecule has 2 unspecified atom stereocenters. The van der Waals surface area contributed by atoms with Crippen molar-refractivity contribution in [2.75, 3.05) is 13.6 Å². The van der Waals surface area contributed by atoms with Crippen molar-refractivity contribution in [3.8, 4) is 0 Å². The maximum Gasteiger partial charge on any atom is 0.329 e. The summed E-state index contributed by atoms with van der Waals surface area (Å²) in [6.45, 7) is 2.99. The van der Waals surface area contributed by atoms with Crippen LogP contribution >= 0.6 is 11.6 Å². The van der Waals surface area contributed by atoms with Gasteiger partial charge in [0, 0.05) is 24.7 Å². The minimum Gasteiger partial charge on any atom is -0.304 e. The van der Waals surface area contributed by atoms with Crippen molar-refractivity contribution in [2.24, 2.45) is 0 Å². The molecule has 0 amide bonds. The summed E-state index contributed by atoms with van der Waals surface area (Å²) < 4.78 is 1.29. The van der Waals surface area contributed by atoms with Crippen molar-refractivity contribution in [3.05, 3.63) is 32.1 Å². The molecule has 0 aromatic carbocycles. The average Bonchev–Trinajstić information content (AvgIpc) is 2.21. The smallest absolute Gasteiger partial charge is 0.304 e. The van der Waals surface area contributed by atoms with E-state index in [1.165, 1.54) is 10.6 Å². The van der Waals surface area contributed by atoms with Gasteiger partial charge in [-0.25, -0.2) is 4.79 Å². The second kappa shape index (κ2) is 4.66. The van der Waals surface area contributed by atoms with Crippen LogP contribution in [0.2, 0.25) is 5.15 Å². The first kappa shape index (κ1) is 12.4. The Bertz CT molecular complexity index is 491. The molecule has 1 fully saturated rings. The lowest BCUT2D eigenvalue weighted by Gasteiger charge is -2.35. The molecule has 0 spiro atoms. The highest BCUT2D eigenvalue weighted by molar-refractivity contribution is 6.29. The summed E-state index contributed by atoms with van der Waals surface area (Å²) >= 11 is 5.64. The second-order valence-electron chi connectivity index (χ2n) is 4.64. The summed E-state index contributed by atoms with van der Waals surface area (Å²) in [5.41, 5.74) is -0.732. The molecule has 1 aromatic rings. The third-order valence-corrected chi connectivity index (χ3v) is 3.68. The lowest BCUT2D eigenvalue weighted by atomic mass is 9.99. The Morgan fingerprint density at radius 1 is 1.47 bits per heavy atom. The zero-order valence-corrected chi connectivity index (χ0v) is 10.7. The molecule has 2 atom stereocenters. The lowest BCUT2D eigenvalue weighted by Crippen LogP contribution is -2.45. The van der Waals surface area contributed by atoms with Crippen LogP contribution in [0.25, 0.3) is 0 Å². The van der Waals surface area contributed by atoms with Crippen LogP contribution in [0.5, 0.6) is 0 Å². The molecule has 2 rings (SSSR count). The molecule has 2 heterocycles. The first-order chi connectivity index (χ1) is 7.99. The molecular formula is C11H16ClN3O2. The topological polar surface area (TPSA) is 58.1 Å². The Morgan fingerprint density at radius 3 is 2.76 bits per heavy atom. The van der Waals surface area contributed by atoms with Gasteiger partial charge in [0.15, 0.2) is 0 Å². The zero-order valence-electron chi connectivity index (χ0n) is 9.94. The van der Waals surface area contributed by atoms with Crippen LogP contribution in [0.1, 0.15) is 25.8 Å². The lowest BCUT2D eigenvalue weighted by molar-refractivity contribution is 0.153. The van der Waals surface area contributed by atoms with Crippen molar-refractivity contribution in [3.63, 3.8) is 0 Å². The Hall–Kier alpha value is -1.07. The summed E-state index contributed by atoms with van der Waals surface area (Å²) in [7, 11) is 2.05.